The minimum atomic E-state index is -0.176. The molecule has 6 nitrogen and oxygen atoms in total. The lowest BCUT2D eigenvalue weighted by molar-refractivity contribution is 0.102. The maximum atomic E-state index is 12.5. The van der Waals surface area contributed by atoms with E-state index in [1.807, 2.05) is 12.1 Å². The van der Waals surface area contributed by atoms with Crippen LogP contribution < -0.4 is 14.8 Å². The van der Waals surface area contributed by atoms with Gasteiger partial charge in [-0.2, -0.15) is 0 Å². The Bertz CT molecular complexity index is 784. The quantitative estimate of drug-likeness (QED) is 0.796. The predicted molar refractivity (Wildman–Crippen MR) is 111 cm³/mol. The summed E-state index contributed by atoms with van der Waals surface area (Å²) >= 11 is 0. The van der Waals surface area contributed by atoms with E-state index in [2.05, 4.69) is 34.2 Å². The molecule has 0 atom stereocenters. The summed E-state index contributed by atoms with van der Waals surface area (Å²) in [5.74, 6) is 0.959. The van der Waals surface area contributed by atoms with Crippen molar-refractivity contribution in [2.24, 2.45) is 0 Å². The van der Waals surface area contributed by atoms with Crippen LogP contribution in [0.5, 0.6) is 11.5 Å². The number of nitrogens with one attached hydrogen (secondary N) is 1. The monoisotopic (exact) mass is 383 g/mol. The Morgan fingerprint density at radius 2 is 1.57 bits per heavy atom. The van der Waals surface area contributed by atoms with Crippen molar-refractivity contribution in [2.75, 3.05) is 52.3 Å². The molecule has 0 radical (unpaired) electrons. The van der Waals surface area contributed by atoms with Crippen molar-refractivity contribution in [1.29, 1.82) is 0 Å². The Morgan fingerprint density at radius 1 is 0.929 bits per heavy atom. The summed E-state index contributed by atoms with van der Waals surface area (Å²) in [7, 11) is 3.13. The molecule has 1 N–H and O–H groups in total. The van der Waals surface area contributed by atoms with Gasteiger partial charge in [-0.05, 0) is 42.4 Å². The topological polar surface area (TPSA) is 54.0 Å². The van der Waals surface area contributed by atoms with Gasteiger partial charge in [-0.25, -0.2) is 0 Å². The van der Waals surface area contributed by atoms with Crippen molar-refractivity contribution >= 4 is 11.6 Å². The van der Waals surface area contributed by atoms with E-state index >= 15 is 0 Å². The minimum absolute atomic E-state index is 0.176. The van der Waals surface area contributed by atoms with Gasteiger partial charge in [0.25, 0.3) is 5.91 Å². The SMILES string of the molecule is CCN1CCN(Cc2ccc(NC(=O)c3ccc(OC)c(OC)c3)cc2)CC1. The fourth-order valence-electron chi connectivity index (χ4n) is 3.40. The first-order chi connectivity index (χ1) is 13.6. The van der Waals surface area contributed by atoms with Crippen molar-refractivity contribution in [1.82, 2.24) is 9.80 Å². The summed E-state index contributed by atoms with van der Waals surface area (Å²) in [5, 5.41) is 2.94. The second kappa shape index (κ2) is 9.57. The van der Waals surface area contributed by atoms with Gasteiger partial charge in [0.15, 0.2) is 11.5 Å². The van der Waals surface area contributed by atoms with Crippen LogP contribution in [0.3, 0.4) is 0 Å². The van der Waals surface area contributed by atoms with Crippen molar-refractivity contribution in [3.63, 3.8) is 0 Å². The van der Waals surface area contributed by atoms with Gasteiger partial charge in [-0.1, -0.05) is 19.1 Å². The lowest BCUT2D eigenvalue weighted by Gasteiger charge is -2.34. The van der Waals surface area contributed by atoms with Crippen LogP contribution in [0.4, 0.5) is 5.69 Å². The molecule has 0 aliphatic carbocycles. The lowest BCUT2D eigenvalue weighted by atomic mass is 10.1. The van der Waals surface area contributed by atoms with Crippen LogP contribution in [0.25, 0.3) is 0 Å². The zero-order valence-corrected chi connectivity index (χ0v) is 16.9. The molecule has 0 saturated carbocycles. The fraction of sp³-hybridized carbons (Fsp3) is 0.409. The van der Waals surface area contributed by atoms with Gasteiger partial charge in [0.05, 0.1) is 14.2 Å². The molecule has 3 rings (SSSR count). The molecule has 0 unspecified atom stereocenters. The van der Waals surface area contributed by atoms with Gasteiger partial charge >= 0.3 is 0 Å². The van der Waals surface area contributed by atoms with E-state index in [0.717, 1.165) is 45.0 Å². The molecular weight excluding hydrogens is 354 g/mol. The highest BCUT2D eigenvalue weighted by Gasteiger charge is 2.15. The second-order valence-corrected chi connectivity index (χ2v) is 6.93. The van der Waals surface area contributed by atoms with E-state index in [4.69, 9.17) is 9.47 Å². The van der Waals surface area contributed by atoms with E-state index in [9.17, 15) is 4.79 Å². The zero-order valence-electron chi connectivity index (χ0n) is 16.9. The van der Waals surface area contributed by atoms with Crippen molar-refractivity contribution in [3.05, 3.63) is 53.6 Å². The average molecular weight is 383 g/mol. The number of hydrogen-bond donors (Lipinski definition) is 1. The van der Waals surface area contributed by atoms with Gasteiger partial charge in [0.1, 0.15) is 0 Å². The van der Waals surface area contributed by atoms with Crippen molar-refractivity contribution < 1.29 is 14.3 Å². The first-order valence-corrected chi connectivity index (χ1v) is 9.70. The number of rotatable bonds is 7. The van der Waals surface area contributed by atoms with E-state index in [0.29, 0.717) is 17.1 Å². The molecule has 1 saturated heterocycles. The molecule has 0 bridgehead atoms. The van der Waals surface area contributed by atoms with E-state index < -0.39 is 0 Å². The van der Waals surface area contributed by atoms with Crippen molar-refractivity contribution in [2.45, 2.75) is 13.5 Å². The summed E-state index contributed by atoms with van der Waals surface area (Å²) in [6, 6.07) is 13.2. The normalized spacial score (nSPS) is 15.2. The standard InChI is InChI=1S/C22H29N3O3/c1-4-24-11-13-25(14-12-24)16-17-5-8-19(9-6-17)23-22(26)18-7-10-20(27-2)21(15-18)28-3/h5-10,15H,4,11-14,16H2,1-3H3,(H,23,26). The Hall–Kier alpha value is -2.57. The van der Waals surface area contributed by atoms with E-state index in [-0.39, 0.29) is 5.91 Å². The fourth-order valence-corrected chi connectivity index (χ4v) is 3.40. The van der Waals surface area contributed by atoms with Gasteiger partial charge in [-0.15, -0.1) is 0 Å². The molecule has 0 aromatic heterocycles. The second-order valence-electron chi connectivity index (χ2n) is 6.93. The highest BCUT2D eigenvalue weighted by Crippen LogP contribution is 2.28. The number of likely N-dealkylation sites (N-methyl/N-ethyl adjacent to an activating group) is 1. The number of amides is 1. The molecule has 1 heterocycles. The highest BCUT2D eigenvalue weighted by atomic mass is 16.5. The third kappa shape index (κ3) is 5.03. The first-order valence-electron chi connectivity index (χ1n) is 9.70. The van der Waals surface area contributed by atoms with Crippen LogP contribution >= 0.6 is 0 Å². The summed E-state index contributed by atoms with van der Waals surface area (Å²) in [6.07, 6.45) is 0. The summed E-state index contributed by atoms with van der Waals surface area (Å²) in [4.78, 5) is 17.5. The lowest BCUT2D eigenvalue weighted by Crippen LogP contribution is -2.45. The highest BCUT2D eigenvalue weighted by molar-refractivity contribution is 6.04. The Kier molecular flexibility index (Phi) is 6.90. The molecule has 150 valence electrons. The number of nitrogens with zero attached hydrogens (tertiary/aromatic N) is 2. The van der Waals surface area contributed by atoms with Gasteiger partial charge < -0.3 is 19.7 Å². The van der Waals surface area contributed by atoms with Gasteiger partial charge in [-0.3, -0.25) is 9.69 Å². The van der Waals surface area contributed by atoms with Crippen LogP contribution in [-0.2, 0) is 6.54 Å². The van der Waals surface area contributed by atoms with Crippen molar-refractivity contribution in [3.8, 4) is 11.5 Å². The molecule has 1 aliphatic rings. The number of carbonyl (C=O) groups is 1. The van der Waals surface area contributed by atoms with E-state index in [1.165, 1.54) is 5.56 Å². The summed E-state index contributed by atoms with van der Waals surface area (Å²) < 4.78 is 10.5. The first kappa shape index (κ1) is 20.2. The number of hydrogen-bond acceptors (Lipinski definition) is 5. The maximum absolute atomic E-state index is 12.5. The Labute approximate surface area is 167 Å². The molecule has 1 aliphatic heterocycles. The number of piperazine rings is 1. The maximum Gasteiger partial charge on any atom is 0.255 e. The minimum Gasteiger partial charge on any atom is -0.493 e. The molecule has 2 aromatic rings. The van der Waals surface area contributed by atoms with Crippen LogP contribution in [0.15, 0.2) is 42.5 Å². The van der Waals surface area contributed by atoms with Crippen LogP contribution in [0.1, 0.15) is 22.8 Å². The molecule has 1 amide bonds. The predicted octanol–water partition coefficient (Wildman–Crippen LogP) is 3.09. The molecule has 6 heteroatoms. The zero-order chi connectivity index (χ0) is 19.9. The van der Waals surface area contributed by atoms with E-state index in [1.54, 1.807) is 32.4 Å². The summed E-state index contributed by atoms with van der Waals surface area (Å²) in [5.41, 5.74) is 2.56. The molecule has 1 fully saturated rings. The Balaban J connectivity index is 1.57. The number of ether oxygens (including phenoxy) is 2. The molecular formula is C22H29N3O3. The third-order valence-corrected chi connectivity index (χ3v) is 5.18. The summed E-state index contributed by atoms with van der Waals surface area (Å²) in [6.45, 7) is 8.76. The largest absolute Gasteiger partial charge is 0.493 e. The molecule has 28 heavy (non-hydrogen) atoms. The smallest absolute Gasteiger partial charge is 0.255 e. The average Bonchev–Trinajstić information content (AvgIpc) is 2.75. The van der Waals surface area contributed by atoms with Gasteiger partial charge in [0.2, 0.25) is 0 Å². The number of anilines is 1. The number of carbonyl (C=O) groups excluding carboxylic acids is 1. The van der Waals surface area contributed by atoms with Crippen LogP contribution in [0.2, 0.25) is 0 Å². The molecule has 0 spiro atoms. The molecule has 2 aromatic carbocycles. The third-order valence-electron chi connectivity index (χ3n) is 5.18. The van der Waals surface area contributed by atoms with Gasteiger partial charge in [0, 0.05) is 44.0 Å². The number of benzene rings is 2. The van der Waals surface area contributed by atoms with Crippen LogP contribution in [0, 0.1) is 0 Å². The number of methoxy groups -OCH3 is 2. The Morgan fingerprint density at radius 3 is 2.18 bits per heavy atom. The van der Waals surface area contributed by atoms with Crippen LogP contribution in [-0.4, -0.2) is 62.7 Å².